The van der Waals surface area contributed by atoms with Gasteiger partial charge in [-0.3, -0.25) is 0 Å². The van der Waals surface area contributed by atoms with Gasteiger partial charge in [0.2, 0.25) is 0 Å². The van der Waals surface area contributed by atoms with E-state index in [1.54, 1.807) is 35.1 Å². The highest BCUT2D eigenvalue weighted by Gasteiger charge is 2.16. The van der Waals surface area contributed by atoms with E-state index in [0.29, 0.717) is 12.1 Å². The Kier molecular flexibility index (Phi) is 5.21. The van der Waals surface area contributed by atoms with Crippen molar-refractivity contribution in [1.82, 2.24) is 15.1 Å². The quantitative estimate of drug-likeness (QED) is 0.722. The van der Waals surface area contributed by atoms with Crippen molar-refractivity contribution in [3.63, 3.8) is 0 Å². The molecule has 3 aromatic rings. The van der Waals surface area contributed by atoms with Gasteiger partial charge in [0.25, 0.3) is 0 Å². The number of aliphatic hydroxyl groups excluding tert-OH is 1. The van der Waals surface area contributed by atoms with Gasteiger partial charge in [-0.1, -0.05) is 12.1 Å². The van der Waals surface area contributed by atoms with E-state index in [2.05, 4.69) is 10.4 Å². The molecule has 0 fully saturated rings. The van der Waals surface area contributed by atoms with Gasteiger partial charge in [0.15, 0.2) is 0 Å². The summed E-state index contributed by atoms with van der Waals surface area (Å²) in [6.45, 7) is 2.37. The minimum absolute atomic E-state index is 0.223. The molecular formula is C19H19F2N3O. The van der Waals surface area contributed by atoms with Crippen LogP contribution in [-0.4, -0.2) is 20.9 Å². The third-order valence-electron chi connectivity index (χ3n) is 4.04. The van der Waals surface area contributed by atoms with Gasteiger partial charge in [-0.25, -0.2) is 13.5 Å². The summed E-state index contributed by atoms with van der Waals surface area (Å²) in [5.41, 5.74) is 2.36. The van der Waals surface area contributed by atoms with Crippen LogP contribution >= 0.6 is 0 Å². The number of aliphatic hydroxyl groups is 1. The summed E-state index contributed by atoms with van der Waals surface area (Å²) in [6.07, 6.45) is 2.82. The molecule has 2 N–H and O–H groups in total. The maximum Gasteiger partial charge on any atom is 0.123 e. The molecular weight excluding hydrogens is 324 g/mol. The van der Waals surface area contributed by atoms with Crippen LogP contribution in [0.25, 0.3) is 5.69 Å². The summed E-state index contributed by atoms with van der Waals surface area (Å²) in [5.74, 6) is -0.619. The van der Waals surface area contributed by atoms with E-state index in [1.807, 2.05) is 13.1 Å². The SMILES string of the molecule is CC(NCc1cnn(-c2ccc(F)cc2)c1)C(O)c1ccc(F)cc1. The fourth-order valence-electron chi connectivity index (χ4n) is 2.53. The van der Waals surface area contributed by atoms with Crippen LogP contribution in [0, 0.1) is 11.6 Å². The second kappa shape index (κ2) is 7.55. The normalized spacial score (nSPS) is 13.6. The lowest BCUT2D eigenvalue weighted by molar-refractivity contribution is 0.135. The molecule has 0 bridgehead atoms. The van der Waals surface area contributed by atoms with Gasteiger partial charge in [-0.05, 0) is 48.9 Å². The largest absolute Gasteiger partial charge is 0.387 e. The molecule has 2 unspecified atom stereocenters. The van der Waals surface area contributed by atoms with E-state index < -0.39 is 6.10 Å². The molecule has 2 atom stereocenters. The van der Waals surface area contributed by atoms with Crippen molar-refractivity contribution in [2.45, 2.75) is 25.6 Å². The maximum atomic E-state index is 13.0. The summed E-state index contributed by atoms with van der Waals surface area (Å²) in [6, 6.07) is 11.7. The van der Waals surface area contributed by atoms with Crippen LogP contribution in [-0.2, 0) is 6.54 Å². The number of rotatable bonds is 6. The molecule has 0 spiro atoms. The number of nitrogens with one attached hydrogen (secondary N) is 1. The average Bonchev–Trinajstić information content (AvgIpc) is 3.09. The predicted molar refractivity (Wildman–Crippen MR) is 91.2 cm³/mol. The number of halogens is 2. The van der Waals surface area contributed by atoms with Crippen molar-refractivity contribution in [2.75, 3.05) is 0 Å². The molecule has 4 nitrogen and oxygen atoms in total. The van der Waals surface area contributed by atoms with Gasteiger partial charge < -0.3 is 10.4 Å². The van der Waals surface area contributed by atoms with E-state index in [-0.39, 0.29) is 17.7 Å². The lowest BCUT2D eigenvalue weighted by Gasteiger charge is -2.20. The molecule has 1 heterocycles. The topological polar surface area (TPSA) is 50.1 Å². The van der Waals surface area contributed by atoms with Crippen LogP contribution in [0.4, 0.5) is 8.78 Å². The number of aromatic nitrogens is 2. The molecule has 3 rings (SSSR count). The Labute approximate surface area is 144 Å². The molecule has 2 aromatic carbocycles. The van der Waals surface area contributed by atoms with Crippen molar-refractivity contribution in [2.24, 2.45) is 0 Å². The third-order valence-corrected chi connectivity index (χ3v) is 4.04. The highest BCUT2D eigenvalue weighted by atomic mass is 19.1. The summed E-state index contributed by atoms with van der Waals surface area (Å²) in [5, 5.41) is 17.8. The van der Waals surface area contributed by atoms with Crippen molar-refractivity contribution >= 4 is 0 Å². The Hall–Kier alpha value is -2.57. The van der Waals surface area contributed by atoms with E-state index in [4.69, 9.17) is 0 Å². The number of hydrogen-bond acceptors (Lipinski definition) is 3. The van der Waals surface area contributed by atoms with Crippen LogP contribution in [0.3, 0.4) is 0 Å². The molecule has 0 aliphatic rings. The van der Waals surface area contributed by atoms with Gasteiger partial charge in [0, 0.05) is 24.3 Å². The van der Waals surface area contributed by atoms with E-state index in [0.717, 1.165) is 11.3 Å². The maximum absolute atomic E-state index is 13.0. The lowest BCUT2D eigenvalue weighted by Crippen LogP contribution is -2.31. The molecule has 130 valence electrons. The van der Waals surface area contributed by atoms with Crippen molar-refractivity contribution < 1.29 is 13.9 Å². The second-order valence-corrected chi connectivity index (χ2v) is 5.94. The number of nitrogens with zero attached hydrogens (tertiary/aromatic N) is 2. The van der Waals surface area contributed by atoms with Crippen LogP contribution in [0.15, 0.2) is 60.9 Å². The first kappa shape index (κ1) is 17.3. The predicted octanol–water partition coefficient (Wildman–Crippen LogP) is 3.36. The first-order valence-corrected chi connectivity index (χ1v) is 7.99. The van der Waals surface area contributed by atoms with Crippen molar-refractivity contribution in [1.29, 1.82) is 0 Å². The van der Waals surface area contributed by atoms with Gasteiger partial charge in [0.1, 0.15) is 11.6 Å². The van der Waals surface area contributed by atoms with Crippen LogP contribution in [0.5, 0.6) is 0 Å². The Bertz CT molecular complexity index is 815. The Morgan fingerprint density at radius 2 is 1.64 bits per heavy atom. The lowest BCUT2D eigenvalue weighted by atomic mass is 10.0. The van der Waals surface area contributed by atoms with Gasteiger partial charge in [0.05, 0.1) is 18.0 Å². The minimum atomic E-state index is -0.743. The van der Waals surface area contributed by atoms with E-state index in [9.17, 15) is 13.9 Å². The fraction of sp³-hybridized carbons (Fsp3) is 0.211. The first-order valence-electron chi connectivity index (χ1n) is 7.99. The van der Waals surface area contributed by atoms with Crippen molar-refractivity contribution in [3.8, 4) is 5.69 Å². The fourth-order valence-corrected chi connectivity index (χ4v) is 2.53. The highest BCUT2D eigenvalue weighted by Crippen LogP contribution is 2.17. The molecule has 25 heavy (non-hydrogen) atoms. The number of benzene rings is 2. The molecule has 0 aliphatic carbocycles. The van der Waals surface area contributed by atoms with Gasteiger partial charge in [-0.2, -0.15) is 5.10 Å². The summed E-state index contributed by atoms with van der Waals surface area (Å²) in [4.78, 5) is 0. The standard InChI is InChI=1S/C19H19F2N3O/c1-13(19(25)15-2-4-16(20)5-3-15)22-10-14-11-23-24(12-14)18-8-6-17(21)7-9-18/h2-9,11-13,19,22,25H,10H2,1H3. The van der Waals surface area contributed by atoms with Gasteiger partial charge >= 0.3 is 0 Å². The zero-order valence-corrected chi connectivity index (χ0v) is 13.7. The monoisotopic (exact) mass is 343 g/mol. The molecule has 0 saturated heterocycles. The summed E-state index contributed by atoms with van der Waals surface area (Å²) >= 11 is 0. The van der Waals surface area contributed by atoms with Gasteiger partial charge in [-0.15, -0.1) is 0 Å². The first-order chi connectivity index (χ1) is 12.0. The molecule has 1 aromatic heterocycles. The van der Waals surface area contributed by atoms with Crippen LogP contribution in [0.1, 0.15) is 24.2 Å². The molecule has 0 radical (unpaired) electrons. The molecule has 0 aliphatic heterocycles. The smallest absolute Gasteiger partial charge is 0.123 e. The van der Waals surface area contributed by atoms with E-state index in [1.165, 1.54) is 24.3 Å². The Balaban J connectivity index is 1.59. The third kappa shape index (κ3) is 4.29. The summed E-state index contributed by atoms with van der Waals surface area (Å²) < 4.78 is 27.6. The minimum Gasteiger partial charge on any atom is -0.387 e. The molecule has 0 saturated carbocycles. The zero-order chi connectivity index (χ0) is 17.8. The average molecular weight is 343 g/mol. The Morgan fingerprint density at radius 1 is 1.04 bits per heavy atom. The van der Waals surface area contributed by atoms with E-state index >= 15 is 0 Å². The molecule has 0 amide bonds. The zero-order valence-electron chi connectivity index (χ0n) is 13.7. The number of hydrogen-bond donors (Lipinski definition) is 2. The highest BCUT2D eigenvalue weighted by molar-refractivity contribution is 5.31. The van der Waals surface area contributed by atoms with Crippen LogP contribution < -0.4 is 5.32 Å². The molecule has 6 heteroatoms. The van der Waals surface area contributed by atoms with Crippen LogP contribution in [0.2, 0.25) is 0 Å². The second-order valence-electron chi connectivity index (χ2n) is 5.94. The summed E-state index contributed by atoms with van der Waals surface area (Å²) in [7, 11) is 0. The Morgan fingerprint density at radius 3 is 2.28 bits per heavy atom. The van der Waals surface area contributed by atoms with Crippen molar-refractivity contribution in [3.05, 3.63) is 83.7 Å².